The number of benzene rings is 1. The Morgan fingerprint density at radius 1 is 1.06 bits per heavy atom. The molecule has 3 heteroatoms. The Kier molecular flexibility index (Phi) is 3.10. The molecular formula is C13H16O3. The normalized spacial score (nSPS) is 21.8. The molecule has 0 bridgehead atoms. The lowest BCUT2D eigenvalue weighted by molar-refractivity contribution is -0.263. The molecule has 0 saturated carbocycles. The smallest absolute Gasteiger partial charge is 0.225 e. The summed E-state index contributed by atoms with van der Waals surface area (Å²) in [7, 11) is 4.91. The van der Waals surface area contributed by atoms with Crippen molar-refractivity contribution in [1.29, 1.82) is 0 Å². The van der Waals surface area contributed by atoms with Crippen LogP contribution in [-0.4, -0.2) is 27.4 Å². The Hall–Kier alpha value is -1.16. The molecule has 0 spiro atoms. The summed E-state index contributed by atoms with van der Waals surface area (Å²) in [6.45, 7) is 0. The van der Waals surface area contributed by atoms with Gasteiger partial charge in [-0.2, -0.15) is 0 Å². The first-order valence-corrected chi connectivity index (χ1v) is 5.19. The standard InChI is InChI=1S/C13H16O3/c1-14-12-9-8-10-6-4-5-7-11(10)13(12,15-2)16-3/h4-9,12H,1-3H3. The summed E-state index contributed by atoms with van der Waals surface area (Å²) in [6.07, 6.45) is 3.74. The minimum absolute atomic E-state index is 0.239. The molecule has 0 amide bonds. The van der Waals surface area contributed by atoms with Crippen LogP contribution in [0.5, 0.6) is 0 Å². The number of hydrogen-bond acceptors (Lipinski definition) is 3. The van der Waals surface area contributed by atoms with Crippen molar-refractivity contribution in [2.45, 2.75) is 11.9 Å². The van der Waals surface area contributed by atoms with Crippen molar-refractivity contribution in [3.8, 4) is 0 Å². The molecule has 1 aromatic carbocycles. The summed E-state index contributed by atoms with van der Waals surface area (Å²) in [5, 5.41) is 0. The number of ether oxygens (including phenoxy) is 3. The van der Waals surface area contributed by atoms with E-state index >= 15 is 0 Å². The van der Waals surface area contributed by atoms with Crippen LogP contribution in [0.3, 0.4) is 0 Å². The zero-order valence-corrected chi connectivity index (χ0v) is 9.77. The molecule has 0 aliphatic heterocycles. The molecule has 3 nitrogen and oxygen atoms in total. The minimum Gasteiger partial charge on any atom is -0.371 e. The Morgan fingerprint density at radius 2 is 1.75 bits per heavy atom. The molecule has 86 valence electrons. The van der Waals surface area contributed by atoms with Gasteiger partial charge in [-0.1, -0.05) is 30.3 Å². The van der Waals surface area contributed by atoms with E-state index in [1.165, 1.54) is 0 Å². The highest BCUT2D eigenvalue weighted by molar-refractivity contribution is 5.59. The Bertz CT molecular complexity index is 394. The van der Waals surface area contributed by atoms with Crippen LogP contribution in [0.25, 0.3) is 6.08 Å². The van der Waals surface area contributed by atoms with Crippen molar-refractivity contribution in [3.05, 3.63) is 41.5 Å². The van der Waals surface area contributed by atoms with Crippen molar-refractivity contribution < 1.29 is 14.2 Å². The number of fused-ring (bicyclic) bond motifs is 1. The van der Waals surface area contributed by atoms with E-state index in [1.54, 1.807) is 21.3 Å². The van der Waals surface area contributed by atoms with E-state index < -0.39 is 5.79 Å². The summed E-state index contributed by atoms with van der Waals surface area (Å²) in [5.74, 6) is -0.847. The Morgan fingerprint density at radius 3 is 2.38 bits per heavy atom. The monoisotopic (exact) mass is 220 g/mol. The third kappa shape index (κ3) is 1.48. The van der Waals surface area contributed by atoms with E-state index in [2.05, 4.69) is 0 Å². The molecule has 2 rings (SSSR count). The fourth-order valence-corrected chi connectivity index (χ4v) is 2.20. The zero-order chi connectivity index (χ0) is 11.6. The van der Waals surface area contributed by atoms with Gasteiger partial charge in [-0.15, -0.1) is 0 Å². The van der Waals surface area contributed by atoms with E-state index in [-0.39, 0.29) is 6.10 Å². The summed E-state index contributed by atoms with van der Waals surface area (Å²) in [5.41, 5.74) is 2.09. The van der Waals surface area contributed by atoms with Crippen LogP contribution in [0, 0.1) is 0 Å². The molecule has 1 aromatic rings. The van der Waals surface area contributed by atoms with Crippen LogP contribution in [0.4, 0.5) is 0 Å². The van der Waals surface area contributed by atoms with Gasteiger partial charge in [0.25, 0.3) is 0 Å². The number of rotatable bonds is 3. The van der Waals surface area contributed by atoms with Gasteiger partial charge in [0.2, 0.25) is 5.79 Å². The molecule has 0 heterocycles. The fraction of sp³-hybridized carbons (Fsp3) is 0.385. The third-order valence-corrected chi connectivity index (χ3v) is 3.02. The van der Waals surface area contributed by atoms with Crippen LogP contribution in [0.1, 0.15) is 11.1 Å². The first kappa shape index (κ1) is 11.3. The number of methoxy groups -OCH3 is 3. The average molecular weight is 220 g/mol. The number of hydrogen-bond donors (Lipinski definition) is 0. The summed E-state index contributed by atoms with van der Waals surface area (Å²) >= 11 is 0. The molecule has 1 aliphatic carbocycles. The molecule has 0 radical (unpaired) electrons. The minimum atomic E-state index is -0.847. The van der Waals surface area contributed by atoms with E-state index in [0.29, 0.717) is 0 Å². The maximum atomic E-state index is 5.56. The maximum Gasteiger partial charge on any atom is 0.225 e. The summed E-state index contributed by atoms with van der Waals surface area (Å²) in [4.78, 5) is 0. The topological polar surface area (TPSA) is 27.7 Å². The van der Waals surface area contributed by atoms with Crippen molar-refractivity contribution in [2.75, 3.05) is 21.3 Å². The van der Waals surface area contributed by atoms with Crippen molar-refractivity contribution in [2.24, 2.45) is 0 Å². The van der Waals surface area contributed by atoms with Gasteiger partial charge in [0.15, 0.2) is 0 Å². The van der Waals surface area contributed by atoms with Gasteiger partial charge in [0.1, 0.15) is 6.10 Å². The van der Waals surface area contributed by atoms with Gasteiger partial charge in [-0.3, -0.25) is 0 Å². The molecule has 1 unspecified atom stereocenters. The second kappa shape index (κ2) is 4.37. The van der Waals surface area contributed by atoms with E-state index in [9.17, 15) is 0 Å². The van der Waals surface area contributed by atoms with Crippen molar-refractivity contribution >= 4 is 6.08 Å². The van der Waals surface area contributed by atoms with E-state index in [0.717, 1.165) is 11.1 Å². The molecule has 0 saturated heterocycles. The first-order chi connectivity index (χ1) is 7.78. The highest BCUT2D eigenvalue weighted by Gasteiger charge is 2.43. The molecule has 1 atom stereocenters. The molecule has 0 N–H and O–H groups in total. The predicted molar refractivity (Wildman–Crippen MR) is 62.0 cm³/mol. The van der Waals surface area contributed by atoms with Gasteiger partial charge < -0.3 is 14.2 Å². The van der Waals surface area contributed by atoms with Crippen LogP contribution in [-0.2, 0) is 20.0 Å². The van der Waals surface area contributed by atoms with Gasteiger partial charge >= 0.3 is 0 Å². The second-order valence-corrected chi connectivity index (χ2v) is 3.68. The fourth-order valence-electron chi connectivity index (χ4n) is 2.20. The van der Waals surface area contributed by atoms with E-state index in [1.807, 2.05) is 36.4 Å². The van der Waals surface area contributed by atoms with Gasteiger partial charge in [0, 0.05) is 26.9 Å². The van der Waals surface area contributed by atoms with Gasteiger partial charge in [0.05, 0.1) is 0 Å². The lowest BCUT2D eigenvalue weighted by atomic mass is 9.89. The maximum absolute atomic E-state index is 5.56. The van der Waals surface area contributed by atoms with Gasteiger partial charge in [-0.05, 0) is 11.6 Å². The van der Waals surface area contributed by atoms with Crippen molar-refractivity contribution in [1.82, 2.24) is 0 Å². The second-order valence-electron chi connectivity index (χ2n) is 3.68. The summed E-state index contributed by atoms with van der Waals surface area (Å²) < 4.78 is 16.5. The predicted octanol–water partition coefficient (Wildman–Crippen LogP) is 2.17. The lowest BCUT2D eigenvalue weighted by Gasteiger charge is -2.39. The van der Waals surface area contributed by atoms with Crippen LogP contribution < -0.4 is 0 Å². The van der Waals surface area contributed by atoms with Crippen LogP contribution >= 0.6 is 0 Å². The first-order valence-electron chi connectivity index (χ1n) is 5.19. The van der Waals surface area contributed by atoms with E-state index in [4.69, 9.17) is 14.2 Å². The highest BCUT2D eigenvalue weighted by atomic mass is 16.7. The average Bonchev–Trinajstić information content (AvgIpc) is 2.37. The summed E-state index contributed by atoms with van der Waals surface area (Å²) in [6, 6.07) is 7.99. The zero-order valence-electron chi connectivity index (χ0n) is 9.77. The largest absolute Gasteiger partial charge is 0.371 e. The van der Waals surface area contributed by atoms with Crippen LogP contribution in [0.2, 0.25) is 0 Å². The molecule has 1 aliphatic rings. The molecule has 16 heavy (non-hydrogen) atoms. The lowest BCUT2D eigenvalue weighted by Crippen LogP contribution is -2.45. The molecule has 0 fully saturated rings. The van der Waals surface area contributed by atoms with Crippen molar-refractivity contribution in [3.63, 3.8) is 0 Å². The third-order valence-electron chi connectivity index (χ3n) is 3.02. The van der Waals surface area contributed by atoms with Gasteiger partial charge in [-0.25, -0.2) is 0 Å². The van der Waals surface area contributed by atoms with Crippen LogP contribution in [0.15, 0.2) is 30.3 Å². The highest BCUT2D eigenvalue weighted by Crippen LogP contribution is 2.38. The Balaban J connectivity index is 2.58. The quantitative estimate of drug-likeness (QED) is 0.731. The molecular weight excluding hydrogens is 204 g/mol. The Labute approximate surface area is 95.6 Å². The SMILES string of the molecule is COC1C=Cc2ccccc2C1(OC)OC. The molecule has 0 aromatic heterocycles.